The van der Waals surface area contributed by atoms with Crippen LogP contribution < -0.4 is 0 Å². The number of hydrogen-bond acceptors (Lipinski definition) is 2. The van der Waals surface area contributed by atoms with E-state index in [-0.39, 0.29) is 0 Å². The van der Waals surface area contributed by atoms with Gasteiger partial charge in [0.15, 0.2) is 4.77 Å². The molecule has 4 heteroatoms. The van der Waals surface area contributed by atoms with Crippen LogP contribution in [0.15, 0.2) is 18.5 Å². The number of nitrogens with one attached hydrogen (secondary N) is 1. The van der Waals surface area contributed by atoms with Crippen molar-refractivity contribution in [1.29, 1.82) is 0 Å². The summed E-state index contributed by atoms with van der Waals surface area (Å²) in [4.78, 5) is 7.43. The van der Waals surface area contributed by atoms with Gasteiger partial charge < -0.3 is 9.55 Å². The number of H-pyrrole nitrogens is 1. The molecule has 1 aliphatic rings. The van der Waals surface area contributed by atoms with E-state index in [2.05, 4.69) is 27.5 Å². The van der Waals surface area contributed by atoms with Gasteiger partial charge in [-0.2, -0.15) is 0 Å². The second-order valence-electron chi connectivity index (χ2n) is 5.29. The summed E-state index contributed by atoms with van der Waals surface area (Å²) < 4.78 is 3.16. The Hall–Kier alpha value is -1.16. The van der Waals surface area contributed by atoms with Crippen LogP contribution in [0.4, 0.5) is 0 Å². The Kier molecular flexibility index (Phi) is 3.20. The maximum atomic E-state index is 5.49. The monoisotopic (exact) mass is 261 g/mol. The highest BCUT2D eigenvalue weighted by atomic mass is 32.1. The summed E-state index contributed by atoms with van der Waals surface area (Å²) in [6.07, 6.45) is 10.2. The molecule has 2 atom stereocenters. The lowest BCUT2D eigenvalue weighted by Crippen LogP contribution is -2.19. The fraction of sp³-hybridized carbons (Fsp3) is 0.571. The highest BCUT2D eigenvalue weighted by molar-refractivity contribution is 7.71. The largest absolute Gasteiger partial charge is 0.329 e. The molecule has 0 aliphatic heterocycles. The third-order valence-electron chi connectivity index (χ3n) is 4.22. The quantitative estimate of drug-likeness (QED) is 0.820. The van der Waals surface area contributed by atoms with E-state index >= 15 is 0 Å². The second kappa shape index (κ2) is 4.84. The minimum Gasteiger partial charge on any atom is -0.329 e. The molecule has 2 aromatic heterocycles. The van der Waals surface area contributed by atoms with E-state index in [0.29, 0.717) is 6.04 Å². The number of aromatic amines is 1. The minimum absolute atomic E-state index is 0.562. The Morgan fingerprint density at radius 3 is 3.22 bits per heavy atom. The van der Waals surface area contributed by atoms with Gasteiger partial charge >= 0.3 is 0 Å². The Morgan fingerprint density at radius 2 is 2.39 bits per heavy atom. The predicted octanol–water partition coefficient (Wildman–Crippen LogP) is 4.24. The van der Waals surface area contributed by atoms with Crippen molar-refractivity contribution < 1.29 is 0 Å². The van der Waals surface area contributed by atoms with Gasteiger partial charge in [0.05, 0.1) is 17.2 Å². The van der Waals surface area contributed by atoms with Gasteiger partial charge in [-0.05, 0) is 37.0 Å². The third kappa shape index (κ3) is 1.99. The first-order valence-electron chi connectivity index (χ1n) is 6.83. The van der Waals surface area contributed by atoms with E-state index in [1.54, 1.807) is 0 Å². The molecule has 18 heavy (non-hydrogen) atoms. The summed E-state index contributed by atoms with van der Waals surface area (Å²) in [5.74, 6) is 0.859. The molecule has 0 aromatic carbocycles. The molecular weight excluding hydrogens is 242 g/mol. The van der Waals surface area contributed by atoms with Crippen LogP contribution in [0.1, 0.15) is 45.1 Å². The molecule has 2 heterocycles. The van der Waals surface area contributed by atoms with Gasteiger partial charge in [-0.1, -0.05) is 26.2 Å². The SMILES string of the molecule is CCC1CCCC(n2c(=S)[nH]c3cnccc32)C1. The zero-order valence-corrected chi connectivity index (χ0v) is 11.5. The lowest BCUT2D eigenvalue weighted by molar-refractivity contribution is 0.263. The zero-order valence-electron chi connectivity index (χ0n) is 10.7. The fourth-order valence-electron chi connectivity index (χ4n) is 3.21. The molecule has 1 fully saturated rings. The highest BCUT2D eigenvalue weighted by Gasteiger charge is 2.23. The third-order valence-corrected chi connectivity index (χ3v) is 4.51. The molecule has 0 saturated heterocycles. The molecule has 96 valence electrons. The van der Waals surface area contributed by atoms with Crippen LogP contribution in [0.25, 0.3) is 11.0 Å². The van der Waals surface area contributed by atoms with E-state index in [1.807, 2.05) is 12.4 Å². The molecule has 0 spiro atoms. The molecule has 2 aromatic rings. The first-order valence-corrected chi connectivity index (χ1v) is 7.24. The van der Waals surface area contributed by atoms with Crippen molar-refractivity contribution in [1.82, 2.24) is 14.5 Å². The average Bonchev–Trinajstić information content (AvgIpc) is 2.74. The van der Waals surface area contributed by atoms with Gasteiger partial charge in [-0.3, -0.25) is 4.98 Å². The summed E-state index contributed by atoms with van der Waals surface area (Å²) in [6, 6.07) is 2.63. The van der Waals surface area contributed by atoms with E-state index in [0.717, 1.165) is 16.2 Å². The Morgan fingerprint density at radius 1 is 1.50 bits per heavy atom. The number of rotatable bonds is 2. The normalized spacial score (nSPS) is 24.5. The fourth-order valence-corrected chi connectivity index (χ4v) is 3.57. The number of aromatic nitrogens is 3. The van der Waals surface area contributed by atoms with Crippen molar-refractivity contribution in [3.8, 4) is 0 Å². The number of pyridine rings is 1. The van der Waals surface area contributed by atoms with Crippen molar-refractivity contribution in [3.63, 3.8) is 0 Å². The van der Waals surface area contributed by atoms with Crippen LogP contribution >= 0.6 is 12.2 Å². The van der Waals surface area contributed by atoms with Gasteiger partial charge in [0.25, 0.3) is 0 Å². The number of imidazole rings is 1. The maximum Gasteiger partial charge on any atom is 0.178 e. The van der Waals surface area contributed by atoms with Crippen molar-refractivity contribution in [3.05, 3.63) is 23.2 Å². The number of nitrogens with zero attached hydrogens (tertiary/aromatic N) is 2. The lowest BCUT2D eigenvalue weighted by atomic mass is 9.84. The molecule has 1 saturated carbocycles. The molecule has 1 aliphatic carbocycles. The summed E-state index contributed by atoms with van der Waals surface area (Å²) in [6.45, 7) is 2.30. The molecule has 3 rings (SSSR count). The summed E-state index contributed by atoms with van der Waals surface area (Å²) >= 11 is 5.49. The highest BCUT2D eigenvalue weighted by Crippen LogP contribution is 2.35. The molecule has 0 bridgehead atoms. The minimum atomic E-state index is 0.562. The van der Waals surface area contributed by atoms with Gasteiger partial charge in [-0.15, -0.1) is 0 Å². The van der Waals surface area contributed by atoms with Crippen LogP contribution in [0, 0.1) is 10.7 Å². The molecule has 2 unspecified atom stereocenters. The first kappa shape index (κ1) is 11.9. The van der Waals surface area contributed by atoms with Crippen LogP contribution in [-0.2, 0) is 0 Å². The average molecular weight is 261 g/mol. The summed E-state index contributed by atoms with van der Waals surface area (Å²) in [7, 11) is 0. The number of hydrogen-bond donors (Lipinski definition) is 1. The van der Waals surface area contributed by atoms with E-state index in [4.69, 9.17) is 12.2 Å². The van der Waals surface area contributed by atoms with E-state index in [1.165, 1.54) is 37.6 Å². The molecule has 1 N–H and O–H groups in total. The Bertz CT molecular complexity index is 598. The number of fused-ring (bicyclic) bond motifs is 1. The maximum absolute atomic E-state index is 5.49. The van der Waals surface area contributed by atoms with Crippen LogP contribution in [0.5, 0.6) is 0 Å². The summed E-state index contributed by atoms with van der Waals surface area (Å²) in [5.41, 5.74) is 2.26. The van der Waals surface area contributed by atoms with E-state index < -0.39 is 0 Å². The zero-order chi connectivity index (χ0) is 12.5. The van der Waals surface area contributed by atoms with Crippen molar-refractivity contribution in [2.45, 2.75) is 45.1 Å². The second-order valence-corrected chi connectivity index (χ2v) is 5.67. The molecular formula is C14H19N3S. The van der Waals surface area contributed by atoms with E-state index in [9.17, 15) is 0 Å². The van der Waals surface area contributed by atoms with Gasteiger partial charge in [0.2, 0.25) is 0 Å². The lowest BCUT2D eigenvalue weighted by Gasteiger charge is -2.29. The molecule has 3 nitrogen and oxygen atoms in total. The smallest absolute Gasteiger partial charge is 0.178 e. The predicted molar refractivity (Wildman–Crippen MR) is 76.2 cm³/mol. The molecule has 0 amide bonds. The van der Waals surface area contributed by atoms with Gasteiger partial charge in [0, 0.05) is 12.2 Å². The van der Waals surface area contributed by atoms with Crippen molar-refractivity contribution in [2.24, 2.45) is 5.92 Å². The van der Waals surface area contributed by atoms with Crippen LogP contribution in [-0.4, -0.2) is 14.5 Å². The summed E-state index contributed by atoms with van der Waals surface area (Å²) in [5, 5.41) is 0. The topological polar surface area (TPSA) is 33.6 Å². The van der Waals surface area contributed by atoms with Gasteiger partial charge in [0.1, 0.15) is 0 Å². The van der Waals surface area contributed by atoms with Crippen LogP contribution in [0.2, 0.25) is 0 Å². The Balaban J connectivity index is 2.03. The molecule has 0 radical (unpaired) electrons. The van der Waals surface area contributed by atoms with Crippen LogP contribution in [0.3, 0.4) is 0 Å². The first-order chi connectivity index (χ1) is 8.79. The van der Waals surface area contributed by atoms with Gasteiger partial charge in [-0.25, -0.2) is 0 Å². The Labute approximate surface area is 112 Å². The van der Waals surface area contributed by atoms with Crippen molar-refractivity contribution in [2.75, 3.05) is 0 Å². The van der Waals surface area contributed by atoms with Crippen molar-refractivity contribution >= 4 is 23.3 Å². The standard InChI is InChI=1S/C14H19N3S/c1-2-10-4-3-5-11(8-10)17-13-6-7-15-9-12(13)16-14(17)18/h6-7,9-11H,2-5,8H2,1H3,(H,16,18).